The van der Waals surface area contributed by atoms with E-state index in [0.29, 0.717) is 18.5 Å². The standard InChI is InChI=1S/C22H28N6O5/c1-5-8-19(30)32-16-10-7-6-9-14(16)27-28-15-11-12-17(26-20(15)23)25-18(29)13-24-21(31)33-22(2,3)4/h6-7,9-12H,5,8,13H2,1-4H3,(H,24,31)(H3,23,25,26,29). The molecular formula is C22H28N6O5. The van der Waals surface area contributed by atoms with Gasteiger partial charge in [0.1, 0.15) is 29.3 Å². The summed E-state index contributed by atoms with van der Waals surface area (Å²) in [6.45, 7) is 6.74. The van der Waals surface area contributed by atoms with E-state index in [1.807, 2.05) is 6.92 Å². The Bertz CT molecular complexity index is 1030. The van der Waals surface area contributed by atoms with Gasteiger partial charge < -0.3 is 25.8 Å². The van der Waals surface area contributed by atoms with Gasteiger partial charge >= 0.3 is 12.1 Å². The number of nitrogens with zero attached hydrogens (tertiary/aromatic N) is 3. The summed E-state index contributed by atoms with van der Waals surface area (Å²) in [5, 5.41) is 13.0. The Morgan fingerprint density at radius 1 is 1.06 bits per heavy atom. The molecule has 176 valence electrons. The summed E-state index contributed by atoms with van der Waals surface area (Å²) in [5.41, 5.74) is 5.86. The molecule has 0 spiro atoms. The van der Waals surface area contributed by atoms with Crippen molar-refractivity contribution in [3.63, 3.8) is 0 Å². The van der Waals surface area contributed by atoms with E-state index >= 15 is 0 Å². The SMILES string of the molecule is CCCC(=O)Oc1ccccc1N=Nc1ccc(NC(=O)CNC(=O)OC(C)(C)C)nc1N. The minimum Gasteiger partial charge on any atom is -0.444 e. The lowest BCUT2D eigenvalue weighted by Gasteiger charge is -2.19. The van der Waals surface area contributed by atoms with Gasteiger partial charge in [0.05, 0.1) is 0 Å². The van der Waals surface area contributed by atoms with Crippen LogP contribution in [0.3, 0.4) is 0 Å². The van der Waals surface area contributed by atoms with Crippen molar-refractivity contribution in [3.8, 4) is 5.75 Å². The average Bonchev–Trinajstić information content (AvgIpc) is 2.71. The fourth-order valence-corrected chi connectivity index (χ4v) is 2.39. The van der Waals surface area contributed by atoms with Gasteiger partial charge in [-0.1, -0.05) is 19.1 Å². The van der Waals surface area contributed by atoms with E-state index in [0.717, 1.165) is 0 Å². The van der Waals surface area contributed by atoms with Crippen molar-refractivity contribution in [2.75, 3.05) is 17.6 Å². The largest absolute Gasteiger partial charge is 0.444 e. The van der Waals surface area contributed by atoms with Crippen LogP contribution in [0.25, 0.3) is 0 Å². The van der Waals surface area contributed by atoms with Crippen LogP contribution in [-0.4, -0.2) is 35.1 Å². The van der Waals surface area contributed by atoms with Gasteiger partial charge in [0, 0.05) is 6.42 Å². The van der Waals surface area contributed by atoms with Gasteiger partial charge in [0.25, 0.3) is 0 Å². The van der Waals surface area contributed by atoms with Crippen molar-refractivity contribution in [1.82, 2.24) is 10.3 Å². The Morgan fingerprint density at radius 2 is 1.76 bits per heavy atom. The Balaban J connectivity index is 2.00. The number of carbonyl (C=O) groups excluding carboxylic acids is 3. The summed E-state index contributed by atoms with van der Waals surface area (Å²) in [6, 6.07) is 9.73. The zero-order chi connectivity index (χ0) is 24.4. The van der Waals surface area contributed by atoms with Gasteiger partial charge in [-0.05, 0) is 51.5 Å². The second-order valence-electron chi connectivity index (χ2n) is 7.90. The minimum atomic E-state index is -0.707. The molecule has 1 aromatic heterocycles. The van der Waals surface area contributed by atoms with Crippen LogP contribution in [0.2, 0.25) is 0 Å². The first kappa shape index (κ1) is 25.2. The maximum atomic E-state index is 12.0. The summed E-state index contributed by atoms with van der Waals surface area (Å²) in [6.07, 6.45) is 0.259. The van der Waals surface area contributed by atoms with Crippen molar-refractivity contribution in [2.24, 2.45) is 10.2 Å². The molecule has 33 heavy (non-hydrogen) atoms. The number of rotatable bonds is 8. The van der Waals surface area contributed by atoms with Crippen LogP contribution < -0.4 is 21.1 Å². The normalized spacial score (nSPS) is 11.2. The van der Waals surface area contributed by atoms with Crippen LogP contribution in [0.4, 0.5) is 27.8 Å². The number of pyridine rings is 1. The number of para-hydroxylation sites is 1. The van der Waals surface area contributed by atoms with Crippen LogP contribution in [-0.2, 0) is 14.3 Å². The fraction of sp³-hybridized carbons (Fsp3) is 0.364. The number of hydrogen-bond donors (Lipinski definition) is 3. The molecule has 11 nitrogen and oxygen atoms in total. The third kappa shape index (κ3) is 8.93. The molecule has 0 aliphatic rings. The van der Waals surface area contributed by atoms with Gasteiger partial charge in [-0.15, -0.1) is 10.2 Å². The first-order chi connectivity index (χ1) is 15.6. The zero-order valence-corrected chi connectivity index (χ0v) is 19.0. The van der Waals surface area contributed by atoms with Gasteiger partial charge in [0.15, 0.2) is 11.6 Å². The zero-order valence-electron chi connectivity index (χ0n) is 19.0. The number of hydrogen-bond acceptors (Lipinski definition) is 9. The number of benzene rings is 1. The predicted octanol–water partition coefficient (Wildman–Crippen LogP) is 4.25. The molecule has 11 heteroatoms. The number of ether oxygens (including phenoxy) is 2. The molecule has 2 amide bonds. The van der Waals surface area contributed by atoms with E-state index in [9.17, 15) is 14.4 Å². The van der Waals surface area contributed by atoms with Gasteiger partial charge in [-0.3, -0.25) is 9.59 Å². The Morgan fingerprint density at radius 3 is 2.42 bits per heavy atom. The van der Waals surface area contributed by atoms with Crippen molar-refractivity contribution in [3.05, 3.63) is 36.4 Å². The van der Waals surface area contributed by atoms with E-state index in [1.54, 1.807) is 45.0 Å². The van der Waals surface area contributed by atoms with Crippen LogP contribution in [0.15, 0.2) is 46.6 Å². The Labute approximate surface area is 191 Å². The lowest BCUT2D eigenvalue weighted by Crippen LogP contribution is -2.37. The third-order valence-corrected chi connectivity index (χ3v) is 3.77. The molecule has 0 atom stereocenters. The molecule has 1 aromatic carbocycles. The monoisotopic (exact) mass is 456 g/mol. The van der Waals surface area contributed by atoms with Crippen molar-refractivity contribution >= 4 is 41.0 Å². The molecule has 0 saturated carbocycles. The lowest BCUT2D eigenvalue weighted by molar-refractivity contribution is -0.134. The maximum absolute atomic E-state index is 12.0. The number of azo groups is 1. The summed E-state index contributed by atoms with van der Waals surface area (Å²) in [7, 11) is 0. The van der Waals surface area contributed by atoms with Gasteiger partial charge in [0.2, 0.25) is 5.91 Å². The summed E-state index contributed by atoms with van der Waals surface area (Å²) in [4.78, 5) is 39.5. The summed E-state index contributed by atoms with van der Waals surface area (Å²) >= 11 is 0. The van der Waals surface area contributed by atoms with E-state index < -0.39 is 17.6 Å². The molecular weight excluding hydrogens is 428 g/mol. The van der Waals surface area contributed by atoms with Crippen LogP contribution in [0, 0.1) is 0 Å². The molecule has 0 fully saturated rings. The third-order valence-electron chi connectivity index (χ3n) is 3.77. The highest BCUT2D eigenvalue weighted by molar-refractivity contribution is 5.93. The van der Waals surface area contributed by atoms with Crippen molar-refractivity contribution in [2.45, 2.75) is 46.1 Å². The highest BCUT2D eigenvalue weighted by atomic mass is 16.6. The number of nitrogen functional groups attached to an aromatic ring is 1. The second-order valence-corrected chi connectivity index (χ2v) is 7.90. The highest BCUT2D eigenvalue weighted by Gasteiger charge is 2.17. The van der Waals surface area contributed by atoms with E-state index in [1.165, 1.54) is 12.1 Å². The Hall–Kier alpha value is -4.02. The first-order valence-electron chi connectivity index (χ1n) is 10.3. The molecule has 1 heterocycles. The molecule has 0 saturated heterocycles. The fourth-order valence-electron chi connectivity index (χ4n) is 2.39. The van der Waals surface area contributed by atoms with Crippen LogP contribution in [0.5, 0.6) is 5.75 Å². The minimum absolute atomic E-state index is 0.0251. The topological polar surface area (TPSA) is 157 Å². The molecule has 2 aromatic rings. The lowest BCUT2D eigenvalue weighted by atomic mass is 10.2. The Kier molecular flexibility index (Phi) is 8.84. The smallest absolute Gasteiger partial charge is 0.408 e. The quantitative estimate of drug-likeness (QED) is 0.304. The van der Waals surface area contributed by atoms with Crippen LogP contribution in [0.1, 0.15) is 40.5 Å². The number of anilines is 2. The molecule has 0 radical (unpaired) electrons. The average molecular weight is 457 g/mol. The number of alkyl carbamates (subject to hydrolysis) is 1. The number of aromatic nitrogens is 1. The van der Waals surface area contributed by atoms with Crippen molar-refractivity contribution < 1.29 is 23.9 Å². The molecule has 0 bridgehead atoms. The van der Waals surface area contributed by atoms with Crippen molar-refractivity contribution in [1.29, 1.82) is 0 Å². The summed E-state index contributed by atoms with van der Waals surface area (Å²) < 4.78 is 10.4. The van der Waals surface area contributed by atoms with E-state index in [-0.39, 0.29) is 35.6 Å². The van der Waals surface area contributed by atoms with Gasteiger partial charge in [-0.2, -0.15) is 0 Å². The highest BCUT2D eigenvalue weighted by Crippen LogP contribution is 2.30. The number of amides is 2. The van der Waals surface area contributed by atoms with E-state index in [4.69, 9.17) is 15.2 Å². The molecule has 0 aliphatic heterocycles. The molecule has 4 N–H and O–H groups in total. The predicted molar refractivity (Wildman–Crippen MR) is 123 cm³/mol. The van der Waals surface area contributed by atoms with Crippen LogP contribution >= 0.6 is 0 Å². The second kappa shape index (κ2) is 11.6. The summed E-state index contributed by atoms with van der Waals surface area (Å²) in [5.74, 6) is -0.381. The van der Waals surface area contributed by atoms with Gasteiger partial charge in [-0.25, -0.2) is 9.78 Å². The molecule has 0 unspecified atom stereocenters. The number of esters is 1. The molecule has 0 aliphatic carbocycles. The maximum Gasteiger partial charge on any atom is 0.408 e. The number of nitrogens with two attached hydrogens (primary N) is 1. The number of nitrogens with one attached hydrogen (secondary N) is 2. The first-order valence-corrected chi connectivity index (χ1v) is 10.3. The number of carbonyl (C=O) groups is 3. The molecule has 2 rings (SSSR count). The van der Waals surface area contributed by atoms with E-state index in [2.05, 4.69) is 25.8 Å².